The molecule has 8 nitrogen and oxygen atoms in total. The molecule has 0 saturated carbocycles. The van der Waals surface area contributed by atoms with E-state index >= 15 is 0 Å². The van der Waals surface area contributed by atoms with Crippen molar-refractivity contribution in [1.82, 2.24) is 14.8 Å². The molecule has 1 aliphatic carbocycles. The van der Waals surface area contributed by atoms with Crippen molar-refractivity contribution >= 4 is 40.3 Å². The Hall–Kier alpha value is -3.93. The summed E-state index contributed by atoms with van der Waals surface area (Å²) in [6.45, 7) is 4.20. The van der Waals surface area contributed by atoms with Gasteiger partial charge in [0.2, 0.25) is 5.91 Å². The molecule has 2 aliphatic rings. The van der Waals surface area contributed by atoms with Crippen molar-refractivity contribution in [3.63, 3.8) is 0 Å². The first-order chi connectivity index (χ1) is 19.2. The number of alkyl halides is 3. The lowest BCUT2D eigenvalue weighted by molar-refractivity contribution is -0.274. The Morgan fingerprint density at radius 2 is 1.93 bits per heavy atom. The van der Waals surface area contributed by atoms with Crippen molar-refractivity contribution in [3.8, 4) is 11.4 Å². The number of thioether (sulfide) groups is 1. The zero-order valence-corrected chi connectivity index (χ0v) is 22.7. The number of rotatable bonds is 7. The summed E-state index contributed by atoms with van der Waals surface area (Å²) in [5.74, 6) is 1.07. The molecule has 0 N–H and O–H groups in total. The van der Waals surface area contributed by atoms with Crippen LogP contribution in [0.25, 0.3) is 11.3 Å². The monoisotopic (exact) mass is 568 g/mol. The van der Waals surface area contributed by atoms with Gasteiger partial charge in [-0.3, -0.25) is 9.69 Å². The van der Waals surface area contributed by atoms with Crippen molar-refractivity contribution in [2.45, 2.75) is 45.4 Å². The smallest absolute Gasteiger partial charge is 0.406 e. The topological polar surface area (TPSA) is 85.0 Å². The molecule has 1 unspecified atom stereocenters. The fourth-order valence-electron chi connectivity index (χ4n) is 4.56. The van der Waals surface area contributed by atoms with Gasteiger partial charge in [-0.2, -0.15) is 5.10 Å². The number of carbonyl (C=O) groups excluding carboxylic acids is 1. The third kappa shape index (κ3) is 6.44. The molecule has 1 atom stereocenters. The maximum Gasteiger partial charge on any atom is 0.573 e. The third-order valence-electron chi connectivity index (χ3n) is 6.55. The van der Waals surface area contributed by atoms with Gasteiger partial charge >= 0.3 is 6.36 Å². The van der Waals surface area contributed by atoms with Crippen LogP contribution in [0.3, 0.4) is 0 Å². The van der Waals surface area contributed by atoms with Crippen LogP contribution in [0.1, 0.15) is 50.4 Å². The van der Waals surface area contributed by atoms with Gasteiger partial charge in [0, 0.05) is 6.21 Å². The molecular formula is C28H27F3N6O2S. The van der Waals surface area contributed by atoms with E-state index in [-0.39, 0.29) is 23.5 Å². The van der Waals surface area contributed by atoms with Crippen LogP contribution >= 0.6 is 11.8 Å². The van der Waals surface area contributed by atoms with E-state index in [0.29, 0.717) is 22.4 Å². The zero-order valence-electron chi connectivity index (χ0n) is 21.9. The van der Waals surface area contributed by atoms with E-state index < -0.39 is 6.36 Å². The first-order valence-electron chi connectivity index (χ1n) is 12.8. The number of para-hydroxylation sites is 1. The van der Waals surface area contributed by atoms with Crippen molar-refractivity contribution in [2.75, 3.05) is 10.7 Å². The average Bonchev–Trinajstić information content (AvgIpc) is 3.56. The maximum absolute atomic E-state index is 12.7. The van der Waals surface area contributed by atoms with Gasteiger partial charge in [0.15, 0.2) is 11.0 Å². The Morgan fingerprint density at radius 3 is 2.62 bits per heavy atom. The van der Waals surface area contributed by atoms with Crippen molar-refractivity contribution in [3.05, 3.63) is 72.3 Å². The van der Waals surface area contributed by atoms with Crippen LogP contribution in [-0.2, 0) is 4.79 Å². The first-order valence-corrected chi connectivity index (χ1v) is 13.8. The summed E-state index contributed by atoms with van der Waals surface area (Å²) in [4.78, 5) is 18.7. The fraction of sp³-hybridized carbons (Fsp3) is 0.321. The average molecular weight is 569 g/mol. The number of anilines is 1. The lowest BCUT2D eigenvalue weighted by Crippen LogP contribution is -2.30. The minimum atomic E-state index is -4.74. The molecule has 3 aromatic rings. The highest BCUT2D eigenvalue weighted by Crippen LogP contribution is 2.33. The molecule has 40 heavy (non-hydrogen) atoms. The normalized spacial score (nSPS) is 19.2. The molecule has 0 bridgehead atoms. The molecule has 1 aromatic heterocycles. The number of aromatic nitrogens is 3. The molecule has 0 radical (unpaired) electrons. The number of allylic oxidation sites excluding steroid dienone is 2. The number of benzene rings is 2. The summed E-state index contributed by atoms with van der Waals surface area (Å²) in [5.41, 5.74) is 3.51. The van der Waals surface area contributed by atoms with Crippen LogP contribution in [-0.4, -0.2) is 44.2 Å². The number of amides is 1. The highest BCUT2D eigenvalue weighted by atomic mass is 32.2. The van der Waals surface area contributed by atoms with Gasteiger partial charge in [0.1, 0.15) is 12.1 Å². The van der Waals surface area contributed by atoms with Crippen LogP contribution in [0.5, 0.6) is 5.75 Å². The van der Waals surface area contributed by atoms with Gasteiger partial charge in [0.25, 0.3) is 0 Å². The molecule has 1 aliphatic heterocycles. The standard InChI is InChI=1S/C28H27F3N6O2S/c1-18(2)23-5-3-4-6-24(23)37-25(38)16-40-27(37)34-33-15-19-7-9-20(10-8-19)26-32-17-36(35-26)21-11-13-22(14-12-21)39-28(29,30)31/h3-6,9,11-15,17-19H,7-8,10,16H2,1-2H3/b33-15+,34-27-. The summed E-state index contributed by atoms with van der Waals surface area (Å²) in [5, 5.41) is 13.8. The lowest BCUT2D eigenvalue weighted by atomic mass is 9.90. The van der Waals surface area contributed by atoms with E-state index in [4.69, 9.17) is 0 Å². The van der Waals surface area contributed by atoms with Gasteiger partial charge in [0.05, 0.1) is 17.1 Å². The predicted molar refractivity (Wildman–Crippen MR) is 150 cm³/mol. The molecule has 12 heteroatoms. The third-order valence-corrected chi connectivity index (χ3v) is 7.46. The van der Waals surface area contributed by atoms with E-state index in [2.05, 4.69) is 44.9 Å². The van der Waals surface area contributed by atoms with Crippen LogP contribution in [0.2, 0.25) is 0 Å². The number of amidine groups is 1. The number of ether oxygens (including phenoxy) is 1. The Kier molecular flexibility index (Phi) is 8.06. The van der Waals surface area contributed by atoms with Gasteiger partial charge in [-0.05, 0) is 72.6 Å². The van der Waals surface area contributed by atoms with Crippen LogP contribution in [0.15, 0.2) is 71.1 Å². The quantitative estimate of drug-likeness (QED) is 0.237. The predicted octanol–water partition coefficient (Wildman–Crippen LogP) is 6.59. The fourth-order valence-corrected chi connectivity index (χ4v) is 5.37. The van der Waals surface area contributed by atoms with Gasteiger partial charge in [-0.25, -0.2) is 9.67 Å². The van der Waals surface area contributed by atoms with E-state index in [9.17, 15) is 18.0 Å². The molecule has 2 heterocycles. The number of halogens is 3. The summed E-state index contributed by atoms with van der Waals surface area (Å²) >= 11 is 1.39. The molecule has 208 valence electrons. The summed E-state index contributed by atoms with van der Waals surface area (Å²) < 4.78 is 42.6. The Balaban J connectivity index is 1.22. The summed E-state index contributed by atoms with van der Waals surface area (Å²) in [7, 11) is 0. The van der Waals surface area contributed by atoms with E-state index in [1.54, 1.807) is 4.90 Å². The SMILES string of the molecule is CC(C)c1ccccc1N1C(=O)CS/C1=N\N=C\C1CC=C(c2ncn(-c3ccc(OC(F)(F)F)cc3)n2)CC1. The molecule has 1 saturated heterocycles. The molecular weight excluding hydrogens is 541 g/mol. The van der Waals surface area contributed by atoms with Crippen molar-refractivity contribution in [1.29, 1.82) is 0 Å². The maximum atomic E-state index is 12.7. The lowest BCUT2D eigenvalue weighted by Gasteiger charge is -2.21. The summed E-state index contributed by atoms with van der Waals surface area (Å²) in [6, 6.07) is 13.3. The molecule has 1 amide bonds. The van der Waals surface area contributed by atoms with Crippen LogP contribution in [0, 0.1) is 5.92 Å². The largest absolute Gasteiger partial charge is 0.573 e. The number of hydrogen-bond donors (Lipinski definition) is 0. The molecule has 2 aromatic carbocycles. The second kappa shape index (κ2) is 11.7. The summed E-state index contributed by atoms with van der Waals surface area (Å²) in [6.07, 6.45) is 3.02. The van der Waals surface area contributed by atoms with Gasteiger partial charge < -0.3 is 4.74 Å². The van der Waals surface area contributed by atoms with E-state index in [1.807, 2.05) is 30.5 Å². The number of hydrogen-bond acceptors (Lipinski definition) is 7. The van der Waals surface area contributed by atoms with Crippen LogP contribution < -0.4 is 9.64 Å². The Bertz CT molecular complexity index is 1460. The highest BCUT2D eigenvalue weighted by molar-refractivity contribution is 8.15. The highest BCUT2D eigenvalue weighted by Gasteiger charge is 2.32. The Morgan fingerprint density at radius 1 is 1.15 bits per heavy atom. The molecule has 5 rings (SSSR count). The Labute approximate surface area is 233 Å². The van der Waals surface area contributed by atoms with Crippen molar-refractivity contribution in [2.24, 2.45) is 16.1 Å². The molecule has 1 fully saturated rings. The minimum Gasteiger partial charge on any atom is -0.406 e. The minimum absolute atomic E-state index is 0.00480. The number of carbonyl (C=O) groups is 1. The van der Waals surface area contributed by atoms with Crippen molar-refractivity contribution < 1.29 is 22.7 Å². The molecule has 0 spiro atoms. The number of nitrogens with zero attached hydrogens (tertiary/aromatic N) is 6. The second-order valence-corrected chi connectivity index (χ2v) is 10.6. The zero-order chi connectivity index (χ0) is 28.3. The van der Waals surface area contributed by atoms with E-state index in [1.165, 1.54) is 47.0 Å². The van der Waals surface area contributed by atoms with E-state index in [0.717, 1.165) is 36.1 Å². The van der Waals surface area contributed by atoms with Gasteiger partial charge in [-0.15, -0.1) is 23.4 Å². The second-order valence-electron chi connectivity index (χ2n) is 9.70. The van der Waals surface area contributed by atoms with Crippen LogP contribution in [0.4, 0.5) is 18.9 Å². The van der Waals surface area contributed by atoms with Gasteiger partial charge in [-0.1, -0.05) is 49.9 Å². The first kappa shape index (κ1) is 27.6.